The van der Waals surface area contributed by atoms with Crippen molar-refractivity contribution in [2.45, 2.75) is 26.0 Å². The number of aryl methyl sites for hydroxylation is 1. The minimum Gasteiger partial charge on any atom is -0.362 e. The highest BCUT2D eigenvalue weighted by atomic mass is 16.5. The number of carbonyl (C=O) groups is 2. The van der Waals surface area contributed by atoms with Crippen LogP contribution in [0.4, 0.5) is 0 Å². The average molecular weight is 330 g/mol. The number of rotatable bonds is 3. The fourth-order valence-corrected chi connectivity index (χ4v) is 3.12. The molecular weight excluding hydrogens is 308 g/mol. The Morgan fingerprint density at radius 1 is 1.38 bits per heavy atom. The lowest BCUT2D eigenvalue weighted by molar-refractivity contribution is -0.162. The number of carbonyl (C=O) groups excluding carboxylic acids is 2. The van der Waals surface area contributed by atoms with Crippen LogP contribution in [0.5, 0.6) is 0 Å². The number of amides is 2. The highest BCUT2D eigenvalue weighted by Crippen LogP contribution is 2.20. The largest absolute Gasteiger partial charge is 0.362 e. The van der Waals surface area contributed by atoms with Crippen molar-refractivity contribution >= 4 is 22.8 Å². The monoisotopic (exact) mass is 330 g/mol. The molecule has 3 rings (SSSR count). The number of para-hydroxylation sites is 2. The van der Waals surface area contributed by atoms with Gasteiger partial charge in [0.15, 0.2) is 5.60 Å². The molecule has 0 bridgehead atoms. The molecule has 7 nitrogen and oxygen atoms in total. The second kappa shape index (κ2) is 6.24. The summed E-state index contributed by atoms with van der Waals surface area (Å²) in [5.74, 6) is 0.538. The van der Waals surface area contributed by atoms with E-state index in [4.69, 9.17) is 4.74 Å². The first-order valence-corrected chi connectivity index (χ1v) is 8.00. The second-order valence-corrected chi connectivity index (χ2v) is 6.21. The summed E-state index contributed by atoms with van der Waals surface area (Å²) in [5, 5.41) is 2.60. The normalized spacial score (nSPS) is 21.0. The zero-order valence-corrected chi connectivity index (χ0v) is 14.2. The van der Waals surface area contributed by atoms with Gasteiger partial charge in [0, 0.05) is 13.6 Å². The maximum atomic E-state index is 12.8. The number of nitrogens with one attached hydrogen (secondary N) is 1. The van der Waals surface area contributed by atoms with E-state index in [1.807, 2.05) is 35.8 Å². The third kappa shape index (κ3) is 2.87. The van der Waals surface area contributed by atoms with Crippen molar-refractivity contribution < 1.29 is 14.3 Å². The topological polar surface area (TPSA) is 76.5 Å². The number of hydrogen-bond donors (Lipinski definition) is 1. The van der Waals surface area contributed by atoms with Crippen LogP contribution in [0.2, 0.25) is 0 Å². The molecule has 0 aliphatic carbocycles. The summed E-state index contributed by atoms with van der Waals surface area (Å²) in [4.78, 5) is 30.9. The second-order valence-electron chi connectivity index (χ2n) is 6.21. The van der Waals surface area contributed by atoms with Gasteiger partial charge in [-0.05, 0) is 26.0 Å². The van der Waals surface area contributed by atoms with Gasteiger partial charge in [0.25, 0.3) is 5.91 Å². The van der Waals surface area contributed by atoms with Gasteiger partial charge >= 0.3 is 0 Å². The molecule has 1 fully saturated rings. The predicted octanol–water partition coefficient (Wildman–Crippen LogP) is 0.708. The number of morpholine rings is 1. The van der Waals surface area contributed by atoms with Crippen LogP contribution in [0.1, 0.15) is 12.7 Å². The molecule has 0 radical (unpaired) electrons. The van der Waals surface area contributed by atoms with Crippen LogP contribution in [0, 0.1) is 6.92 Å². The quantitative estimate of drug-likeness (QED) is 0.899. The van der Waals surface area contributed by atoms with Gasteiger partial charge in [0.1, 0.15) is 12.4 Å². The summed E-state index contributed by atoms with van der Waals surface area (Å²) in [5.41, 5.74) is 0.806. The Labute approximate surface area is 140 Å². The molecule has 0 saturated carbocycles. The van der Waals surface area contributed by atoms with E-state index in [-0.39, 0.29) is 24.9 Å². The molecule has 2 heterocycles. The molecule has 0 spiro atoms. The number of aromatic nitrogens is 2. The SMILES string of the molecule is CNC(=O)[C@]1(C)CN(C(=O)Cn2c(C)nc3ccccc32)CCO1. The van der Waals surface area contributed by atoms with E-state index in [9.17, 15) is 9.59 Å². The van der Waals surface area contributed by atoms with Gasteiger partial charge in [-0.1, -0.05) is 12.1 Å². The molecule has 128 valence electrons. The zero-order valence-electron chi connectivity index (χ0n) is 14.2. The van der Waals surface area contributed by atoms with Crippen LogP contribution in [0.3, 0.4) is 0 Å². The van der Waals surface area contributed by atoms with Gasteiger partial charge in [0.05, 0.1) is 24.2 Å². The molecule has 1 N–H and O–H groups in total. The summed E-state index contributed by atoms with van der Waals surface area (Å²) in [6.45, 7) is 4.88. The van der Waals surface area contributed by atoms with Gasteiger partial charge in [0.2, 0.25) is 5.91 Å². The molecule has 24 heavy (non-hydrogen) atoms. The maximum Gasteiger partial charge on any atom is 0.253 e. The Balaban J connectivity index is 1.79. The smallest absolute Gasteiger partial charge is 0.253 e. The Kier molecular flexibility index (Phi) is 4.28. The van der Waals surface area contributed by atoms with Gasteiger partial charge in [-0.2, -0.15) is 0 Å². The number of nitrogens with zero attached hydrogens (tertiary/aromatic N) is 3. The van der Waals surface area contributed by atoms with Gasteiger partial charge in [-0.3, -0.25) is 9.59 Å². The maximum absolute atomic E-state index is 12.8. The van der Waals surface area contributed by atoms with Crippen LogP contribution in [-0.4, -0.2) is 58.6 Å². The first-order chi connectivity index (χ1) is 11.4. The standard InChI is InChI=1S/C17H22N4O3/c1-12-19-13-6-4-5-7-14(13)21(12)10-15(22)20-8-9-24-17(2,11-20)16(23)18-3/h4-7H,8-11H2,1-3H3,(H,18,23)/t17-/m0/s1. The van der Waals surface area contributed by atoms with Crippen LogP contribution in [0.15, 0.2) is 24.3 Å². The molecule has 2 amide bonds. The highest BCUT2D eigenvalue weighted by molar-refractivity contribution is 5.86. The van der Waals surface area contributed by atoms with E-state index < -0.39 is 5.60 Å². The Bertz CT molecular complexity index is 785. The summed E-state index contributed by atoms with van der Waals surface area (Å²) in [6.07, 6.45) is 0. The Hall–Kier alpha value is -2.41. The predicted molar refractivity (Wildman–Crippen MR) is 89.5 cm³/mol. The van der Waals surface area contributed by atoms with Crippen molar-refractivity contribution in [1.29, 1.82) is 0 Å². The first-order valence-electron chi connectivity index (χ1n) is 8.00. The number of ether oxygens (including phenoxy) is 1. The van der Waals surface area contributed by atoms with Crippen molar-refractivity contribution in [3.05, 3.63) is 30.1 Å². The number of hydrogen-bond acceptors (Lipinski definition) is 4. The van der Waals surface area contributed by atoms with Crippen LogP contribution in [0.25, 0.3) is 11.0 Å². The van der Waals surface area contributed by atoms with Gasteiger partial charge in [-0.25, -0.2) is 4.98 Å². The lowest BCUT2D eigenvalue weighted by Gasteiger charge is -2.39. The molecule has 1 saturated heterocycles. The number of imidazole rings is 1. The van der Waals surface area contributed by atoms with Gasteiger partial charge in [-0.15, -0.1) is 0 Å². The minimum absolute atomic E-state index is 0.0420. The van der Waals surface area contributed by atoms with Gasteiger partial charge < -0.3 is 19.5 Å². The summed E-state index contributed by atoms with van der Waals surface area (Å²) < 4.78 is 7.51. The molecule has 7 heteroatoms. The molecule has 1 aliphatic heterocycles. The van der Waals surface area contributed by atoms with E-state index in [0.717, 1.165) is 16.9 Å². The van der Waals surface area contributed by atoms with Crippen molar-refractivity contribution in [2.75, 3.05) is 26.7 Å². The number of likely N-dealkylation sites (N-methyl/N-ethyl adjacent to an activating group) is 1. The van der Waals surface area contributed by atoms with Crippen molar-refractivity contribution in [2.24, 2.45) is 0 Å². The fourth-order valence-electron chi connectivity index (χ4n) is 3.12. The third-order valence-corrected chi connectivity index (χ3v) is 4.47. The third-order valence-electron chi connectivity index (χ3n) is 4.47. The van der Waals surface area contributed by atoms with Crippen molar-refractivity contribution in [3.8, 4) is 0 Å². The molecule has 1 aromatic heterocycles. The zero-order chi connectivity index (χ0) is 17.3. The van der Waals surface area contributed by atoms with E-state index in [2.05, 4.69) is 10.3 Å². The van der Waals surface area contributed by atoms with Crippen LogP contribution < -0.4 is 5.32 Å². The summed E-state index contributed by atoms with van der Waals surface area (Å²) in [7, 11) is 1.57. The molecule has 1 atom stereocenters. The fraction of sp³-hybridized carbons (Fsp3) is 0.471. The van der Waals surface area contributed by atoms with Crippen LogP contribution in [-0.2, 0) is 20.9 Å². The van der Waals surface area contributed by atoms with E-state index >= 15 is 0 Å². The van der Waals surface area contributed by atoms with Crippen LogP contribution >= 0.6 is 0 Å². The Morgan fingerprint density at radius 2 is 2.12 bits per heavy atom. The highest BCUT2D eigenvalue weighted by Gasteiger charge is 2.40. The average Bonchev–Trinajstić information content (AvgIpc) is 2.90. The lowest BCUT2D eigenvalue weighted by Crippen LogP contribution is -2.59. The lowest BCUT2D eigenvalue weighted by atomic mass is 10.0. The van der Waals surface area contributed by atoms with Crippen molar-refractivity contribution in [3.63, 3.8) is 0 Å². The number of benzene rings is 1. The Morgan fingerprint density at radius 3 is 2.88 bits per heavy atom. The minimum atomic E-state index is -1.01. The summed E-state index contributed by atoms with van der Waals surface area (Å²) in [6, 6.07) is 7.75. The van der Waals surface area contributed by atoms with E-state index in [1.54, 1.807) is 18.9 Å². The van der Waals surface area contributed by atoms with E-state index in [0.29, 0.717) is 13.2 Å². The van der Waals surface area contributed by atoms with Crippen molar-refractivity contribution in [1.82, 2.24) is 19.8 Å². The molecular formula is C17H22N4O3. The summed E-state index contributed by atoms with van der Waals surface area (Å²) >= 11 is 0. The molecule has 1 aliphatic rings. The van der Waals surface area contributed by atoms with E-state index in [1.165, 1.54) is 0 Å². The number of fused-ring (bicyclic) bond motifs is 1. The molecule has 1 aromatic carbocycles. The first kappa shape index (κ1) is 16.4. The molecule has 0 unspecified atom stereocenters. The molecule has 2 aromatic rings.